The molecule has 0 atom stereocenters. The first-order chi connectivity index (χ1) is 14.2. The number of aliphatic imine (C=N–C) groups is 1. The lowest BCUT2D eigenvalue weighted by Gasteiger charge is -2.62. The fraction of sp³-hybridized carbons (Fsp3) is 0.708. The third-order valence-electron chi connectivity index (χ3n) is 7.23. The number of hydrogen-bond donors (Lipinski definition) is 1. The summed E-state index contributed by atoms with van der Waals surface area (Å²) in [6.45, 7) is 14.3. The zero-order chi connectivity index (χ0) is 21.8. The molecule has 1 aromatic carbocycles. The highest BCUT2D eigenvalue weighted by Crippen LogP contribution is 2.46. The molecule has 168 valence electrons. The first-order valence-electron chi connectivity index (χ1n) is 11.2. The third kappa shape index (κ3) is 5.09. The van der Waals surface area contributed by atoms with Gasteiger partial charge in [0.25, 0.3) is 0 Å². The monoisotopic (exact) mass is 416 g/mol. The maximum absolute atomic E-state index is 6.04. The van der Waals surface area contributed by atoms with Crippen molar-refractivity contribution in [2.45, 2.75) is 58.7 Å². The van der Waals surface area contributed by atoms with Crippen LogP contribution in [0.2, 0.25) is 0 Å². The van der Waals surface area contributed by atoms with Gasteiger partial charge in [0.15, 0.2) is 5.96 Å². The molecule has 3 rings (SSSR count). The van der Waals surface area contributed by atoms with Crippen LogP contribution in [0.4, 0.5) is 0 Å². The molecule has 0 bridgehead atoms. The molecule has 0 aliphatic carbocycles. The Kier molecular flexibility index (Phi) is 7.30. The summed E-state index contributed by atoms with van der Waals surface area (Å²) in [5, 5.41) is 3.53. The third-order valence-corrected chi connectivity index (χ3v) is 7.23. The maximum atomic E-state index is 6.04. The fourth-order valence-electron chi connectivity index (χ4n) is 4.24. The van der Waals surface area contributed by atoms with Crippen molar-refractivity contribution in [2.75, 3.05) is 47.0 Å². The van der Waals surface area contributed by atoms with E-state index in [-0.39, 0.29) is 11.0 Å². The number of nitrogens with one attached hydrogen (secondary N) is 1. The lowest BCUT2D eigenvalue weighted by molar-refractivity contribution is -0.0667. The molecule has 1 aromatic rings. The van der Waals surface area contributed by atoms with E-state index in [1.807, 2.05) is 13.1 Å². The van der Waals surface area contributed by atoms with E-state index in [0.717, 1.165) is 57.4 Å². The standard InChI is InChI=1S/C24H40N4O2/c1-23(2)18-28(24(23,3)4)22(25-5)26-17-19-8-7-9-21(16-19)30-15-12-27(6)20-10-13-29-14-11-20/h7-9,16,20H,10-15,17-18H2,1-6H3,(H,25,26). The molecular formula is C24H40N4O2. The van der Waals surface area contributed by atoms with Crippen LogP contribution in [0.15, 0.2) is 29.3 Å². The predicted octanol–water partition coefficient (Wildman–Crippen LogP) is 3.37. The molecule has 1 N–H and O–H groups in total. The summed E-state index contributed by atoms with van der Waals surface area (Å²) in [5.74, 6) is 1.89. The lowest BCUT2D eigenvalue weighted by Crippen LogP contribution is -2.72. The van der Waals surface area contributed by atoms with Crippen molar-refractivity contribution in [1.82, 2.24) is 15.1 Å². The maximum Gasteiger partial charge on any atom is 0.194 e. The summed E-state index contributed by atoms with van der Waals surface area (Å²) in [6, 6.07) is 8.97. The topological polar surface area (TPSA) is 49.3 Å². The summed E-state index contributed by atoms with van der Waals surface area (Å²) in [7, 11) is 4.04. The van der Waals surface area contributed by atoms with Gasteiger partial charge in [-0.2, -0.15) is 0 Å². The predicted molar refractivity (Wildman–Crippen MR) is 123 cm³/mol. The molecule has 0 saturated carbocycles. The van der Waals surface area contributed by atoms with Gasteiger partial charge in [-0.05, 0) is 51.4 Å². The highest BCUT2D eigenvalue weighted by Gasteiger charge is 2.53. The SMILES string of the molecule is CN=C(NCc1cccc(OCCN(C)C2CCOCC2)c1)N1CC(C)(C)C1(C)C. The lowest BCUT2D eigenvalue weighted by atomic mass is 9.65. The van der Waals surface area contributed by atoms with E-state index in [2.05, 4.69) is 73.1 Å². The molecular weight excluding hydrogens is 376 g/mol. The van der Waals surface area contributed by atoms with Crippen molar-refractivity contribution in [2.24, 2.45) is 10.4 Å². The molecule has 2 aliphatic heterocycles. The van der Waals surface area contributed by atoms with Gasteiger partial charge in [0.05, 0.1) is 0 Å². The first-order valence-corrected chi connectivity index (χ1v) is 11.2. The van der Waals surface area contributed by atoms with Gasteiger partial charge in [0, 0.05) is 56.9 Å². The number of nitrogens with zero attached hydrogens (tertiary/aromatic N) is 3. The minimum absolute atomic E-state index is 0.0935. The Morgan fingerprint density at radius 3 is 2.63 bits per heavy atom. The van der Waals surface area contributed by atoms with Gasteiger partial charge in [0.2, 0.25) is 0 Å². The van der Waals surface area contributed by atoms with Gasteiger partial charge in [-0.3, -0.25) is 9.89 Å². The number of hydrogen-bond acceptors (Lipinski definition) is 4. The molecule has 0 aromatic heterocycles. The molecule has 0 unspecified atom stereocenters. The number of guanidine groups is 1. The Morgan fingerprint density at radius 2 is 2.00 bits per heavy atom. The Hall–Kier alpha value is -1.79. The molecule has 0 radical (unpaired) electrons. The second kappa shape index (κ2) is 9.56. The van der Waals surface area contributed by atoms with E-state index in [4.69, 9.17) is 9.47 Å². The normalized spacial score (nSPS) is 21.4. The highest BCUT2D eigenvalue weighted by molar-refractivity contribution is 5.82. The van der Waals surface area contributed by atoms with Gasteiger partial charge < -0.3 is 19.7 Å². The number of benzene rings is 1. The molecule has 0 amide bonds. The quantitative estimate of drug-likeness (QED) is 0.546. The average molecular weight is 417 g/mol. The van der Waals surface area contributed by atoms with Gasteiger partial charge in [-0.1, -0.05) is 26.0 Å². The Labute approximate surface area is 182 Å². The Bertz CT molecular complexity index is 726. The second-order valence-corrected chi connectivity index (χ2v) is 9.75. The summed E-state index contributed by atoms with van der Waals surface area (Å²) in [6.07, 6.45) is 2.23. The van der Waals surface area contributed by atoms with Gasteiger partial charge in [0.1, 0.15) is 12.4 Å². The van der Waals surface area contributed by atoms with Crippen LogP contribution in [0, 0.1) is 5.41 Å². The van der Waals surface area contributed by atoms with Crippen molar-refractivity contribution in [3.05, 3.63) is 29.8 Å². The van der Waals surface area contributed by atoms with E-state index < -0.39 is 0 Å². The first kappa shape index (κ1) is 22.9. The molecule has 30 heavy (non-hydrogen) atoms. The van der Waals surface area contributed by atoms with Gasteiger partial charge >= 0.3 is 0 Å². The van der Waals surface area contributed by atoms with Crippen LogP contribution >= 0.6 is 0 Å². The number of rotatable bonds is 7. The molecule has 0 spiro atoms. The zero-order valence-electron chi connectivity index (χ0n) is 19.7. The van der Waals surface area contributed by atoms with Crippen molar-refractivity contribution < 1.29 is 9.47 Å². The van der Waals surface area contributed by atoms with Gasteiger partial charge in [-0.15, -0.1) is 0 Å². The van der Waals surface area contributed by atoms with Crippen molar-refractivity contribution >= 4 is 5.96 Å². The van der Waals surface area contributed by atoms with E-state index in [9.17, 15) is 0 Å². The zero-order valence-corrected chi connectivity index (χ0v) is 19.7. The van der Waals surface area contributed by atoms with E-state index in [1.54, 1.807) is 0 Å². The molecule has 2 aliphatic rings. The molecule has 6 heteroatoms. The largest absolute Gasteiger partial charge is 0.492 e. The summed E-state index contributed by atoms with van der Waals surface area (Å²) in [4.78, 5) is 9.27. The van der Waals surface area contributed by atoms with Gasteiger partial charge in [-0.25, -0.2) is 0 Å². The molecule has 6 nitrogen and oxygen atoms in total. The van der Waals surface area contributed by atoms with Crippen molar-refractivity contribution in [3.63, 3.8) is 0 Å². The van der Waals surface area contributed by atoms with Crippen molar-refractivity contribution in [3.8, 4) is 5.75 Å². The minimum atomic E-state index is 0.0935. The number of likely N-dealkylation sites (N-methyl/N-ethyl adjacent to an activating group) is 1. The number of likely N-dealkylation sites (tertiary alicyclic amines) is 1. The second-order valence-electron chi connectivity index (χ2n) is 9.75. The van der Waals surface area contributed by atoms with Crippen LogP contribution in [0.25, 0.3) is 0 Å². The van der Waals surface area contributed by atoms with Crippen LogP contribution in [0.1, 0.15) is 46.1 Å². The van der Waals surface area contributed by atoms with E-state index in [0.29, 0.717) is 12.6 Å². The van der Waals surface area contributed by atoms with Crippen LogP contribution < -0.4 is 10.1 Å². The van der Waals surface area contributed by atoms with Crippen molar-refractivity contribution in [1.29, 1.82) is 0 Å². The Balaban J connectivity index is 1.47. The van der Waals surface area contributed by atoms with E-state index in [1.165, 1.54) is 5.56 Å². The highest BCUT2D eigenvalue weighted by atomic mass is 16.5. The smallest absolute Gasteiger partial charge is 0.194 e. The fourth-order valence-corrected chi connectivity index (χ4v) is 4.24. The average Bonchev–Trinajstić information content (AvgIpc) is 2.74. The Morgan fingerprint density at radius 1 is 1.27 bits per heavy atom. The van der Waals surface area contributed by atoms with E-state index >= 15 is 0 Å². The minimum Gasteiger partial charge on any atom is -0.492 e. The summed E-state index contributed by atoms with van der Waals surface area (Å²) < 4.78 is 11.5. The summed E-state index contributed by atoms with van der Waals surface area (Å²) in [5.41, 5.74) is 1.58. The number of ether oxygens (including phenoxy) is 2. The molecule has 2 fully saturated rings. The molecule has 2 saturated heterocycles. The van der Waals surface area contributed by atoms with Crippen LogP contribution in [0.3, 0.4) is 0 Å². The summed E-state index contributed by atoms with van der Waals surface area (Å²) >= 11 is 0. The van der Waals surface area contributed by atoms with Crippen LogP contribution in [0.5, 0.6) is 5.75 Å². The van der Waals surface area contributed by atoms with Crippen LogP contribution in [-0.2, 0) is 11.3 Å². The van der Waals surface area contributed by atoms with Crippen LogP contribution in [-0.4, -0.2) is 74.3 Å². The molecule has 2 heterocycles.